The Morgan fingerprint density at radius 1 is 1.05 bits per heavy atom. The first-order valence-electron chi connectivity index (χ1n) is 8.77. The van der Waals surface area contributed by atoms with Crippen LogP contribution in [0.25, 0.3) is 0 Å². The molecule has 3 heteroatoms. The molecule has 0 amide bonds. The maximum absolute atomic E-state index is 11.7. The molecule has 0 fully saturated rings. The van der Waals surface area contributed by atoms with Crippen molar-refractivity contribution in [3.8, 4) is 0 Å². The lowest BCUT2D eigenvalue weighted by atomic mass is 9.95. The third-order valence-electron chi connectivity index (χ3n) is 3.97. The van der Waals surface area contributed by atoms with Gasteiger partial charge in [-0.2, -0.15) is 0 Å². The Labute approximate surface area is 131 Å². The molecule has 0 N–H and O–H groups in total. The highest BCUT2D eigenvalue weighted by Gasteiger charge is 2.21. The smallest absolute Gasteiger partial charge is 0.306 e. The van der Waals surface area contributed by atoms with Crippen molar-refractivity contribution < 1.29 is 9.53 Å². The summed E-state index contributed by atoms with van der Waals surface area (Å²) in [6.07, 6.45) is 8.32. The van der Waals surface area contributed by atoms with E-state index in [1.54, 1.807) is 0 Å². The maximum atomic E-state index is 11.7. The summed E-state index contributed by atoms with van der Waals surface area (Å²) in [5.74, 6) is 0.181. The van der Waals surface area contributed by atoms with Crippen LogP contribution in [0, 0.1) is 5.92 Å². The number of aliphatic imine (C=N–C) groups is 1. The van der Waals surface area contributed by atoms with Crippen LogP contribution in [0.3, 0.4) is 0 Å². The van der Waals surface area contributed by atoms with E-state index in [0.717, 1.165) is 37.9 Å². The molecule has 0 saturated carbocycles. The van der Waals surface area contributed by atoms with Gasteiger partial charge in [-0.3, -0.25) is 9.79 Å². The number of rotatable bonds is 12. The highest BCUT2D eigenvalue weighted by molar-refractivity contribution is 5.85. The number of nitrogens with zero attached hydrogens (tertiary/aromatic N) is 1. The van der Waals surface area contributed by atoms with Crippen molar-refractivity contribution in [2.75, 3.05) is 6.54 Å². The monoisotopic (exact) mass is 297 g/mol. The van der Waals surface area contributed by atoms with Crippen molar-refractivity contribution >= 4 is 11.7 Å². The average Bonchev–Trinajstić information content (AvgIpc) is 2.45. The molecule has 0 aromatic rings. The summed E-state index contributed by atoms with van der Waals surface area (Å²) in [5, 5.41) is 0. The van der Waals surface area contributed by atoms with E-state index in [-0.39, 0.29) is 18.0 Å². The first kappa shape index (κ1) is 20.1. The molecule has 0 spiro atoms. The summed E-state index contributed by atoms with van der Waals surface area (Å²) in [4.78, 5) is 16.4. The lowest BCUT2D eigenvalue weighted by molar-refractivity contribution is -0.149. The predicted octanol–water partition coefficient (Wildman–Crippen LogP) is 5.18. The van der Waals surface area contributed by atoms with Gasteiger partial charge in [-0.05, 0) is 33.1 Å². The van der Waals surface area contributed by atoms with E-state index in [1.807, 2.05) is 6.92 Å². The number of carbonyl (C=O) groups is 1. The van der Waals surface area contributed by atoms with Crippen molar-refractivity contribution in [2.24, 2.45) is 10.9 Å². The Hall–Kier alpha value is -0.860. The molecule has 0 saturated heterocycles. The zero-order chi connectivity index (χ0) is 16.1. The minimum absolute atomic E-state index is 0.0706. The van der Waals surface area contributed by atoms with Crippen LogP contribution in [0.5, 0.6) is 0 Å². The van der Waals surface area contributed by atoms with E-state index in [1.165, 1.54) is 19.3 Å². The van der Waals surface area contributed by atoms with Crippen LogP contribution >= 0.6 is 0 Å². The highest BCUT2D eigenvalue weighted by Crippen LogP contribution is 2.16. The SMILES string of the molecule is CCCCCCN=C(C)C(CC)C(C)OC(=O)CCCC. The average molecular weight is 297 g/mol. The lowest BCUT2D eigenvalue weighted by Crippen LogP contribution is -2.29. The van der Waals surface area contributed by atoms with Gasteiger partial charge in [0.05, 0.1) is 0 Å². The Bertz CT molecular complexity index is 300. The van der Waals surface area contributed by atoms with Gasteiger partial charge >= 0.3 is 5.97 Å². The normalized spacial score (nSPS) is 14.8. The molecular weight excluding hydrogens is 262 g/mol. The van der Waals surface area contributed by atoms with Gasteiger partial charge in [0.1, 0.15) is 6.10 Å². The van der Waals surface area contributed by atoms with Gasteiger partial charge in [0.2, 0.25) is 0 Å². The molecule has 0 aliphatic heterocycles. The quantitative estimate of drug-likeness (QED) is 0.283. The molecule has 0 aromatic heterocycles. The largest absolute Gasteiger partial charge is 0.462 e. The van der Waals surface area contributed by atoms with E-state index in [9.17, 15) is 4.79 Å². The van der Waals surface area contributed by atoms with Crippen LogP contribution < -0.4 is 0 Å². The minimum Gasteiger partial charge on any atom is -0.462 e. The number of hydrogen-bond donors (Lipinski definition) is 0. The van der Waals surface area contributed by atoms with Crippen LogP contribution in [0.2, 0.25) is 0 Å². The molecule has 0 heterocycles. The Morgan fingerprint density at radius 2 is 1.71 bits per heavy atom. The molecule has 21 heavy (non-hydrogen) atoms. The van der Waals surface area contributed by atoms with Gasteiger partial charge < -0.3 is 4.74 Å². The van der Waals surface area contributed by atoms with Crippen LogP contribution in [-0.2, 0) is 9.53 Å². The van der Waals surface area contributed by atoms with Gasteiger partial charge in [-0.25, -0.2) is 0 Å². The highest BCUT2D eigenvalue weighted by atomic mass is 16.5. The van der Waals surface area contributed by atoms with Gasteiger partial charge in [0.25, 0.3) is 0 Å². The fourth-order valence-electron chi connectivity index (χ4n) is 2.55. The molecule has 0 aliphatic rings. The van der Waals surface area contributed by atoms with E-state index in [4.69, 9.17) is 4.74 Å². The topological polar surface area (TPSA) is 38.7 Å². The van der Waals surface area contributed by atoms with Crippen molar-refractivity contribution in [2.45, 2.75) is 92.1 Å². The van der Waals surface area contributed by atoms with Crippen molar-refractivity contribution in [3.63, 3.8) is 0 Å². The van der Waals surface area contributed by atoms with Gasteiger partial charge in [0, 0.05) is 24.6 Å². The van der Waals surface area contributed by atoms with Crippen LogP contribution in [0.4, 0.5) is 0 Å². The van der Waals surface area contributed by atoms with Gasteiger partial charge in [-0.15, -0.1) is 0 Å². The molecule has 0 aliphatic carbocycles. The van der Waals surface area contributed by atoms with Crippen LogP contribution in [-0.4, -0.2) is 24.3 Å². The maximum Gasteiger partial charge on any atom is 0.306 e. The Morgan fingerprint density at radius 3 is 2.29 bits per heavy atom. The number of esters is 1. The van der Waals surface area contributed by atoms with E-state index < -0.39 is 0 Å². The first-order chi connectivity index (χ1) is 10.1. The second-order valence-corrected chi connectivity index (χ2v) is 5.90. The number of ether oxygens (including phenoxy) is 1. The lowest BCUT2D eigenvalue weighted by Gasteiger charge is -2.23. The van der Waals surface area contributed by atoms with Gasteiger partial charge in [0.15, 0.2) is 0 Å². The molecule has 0 rings (SSSR count). The van der Waals surface area contributed by atoms with Crippen molar-refractivity contribution in [1.29, 1.82) is 0 Å². The Balaban J connectivity index is 4.25. The zero-order valence-corrected chi connectivity index (χ0v) is 14.8. The van der Waals surface area contributed by atoms with Crippen molar-refractivity contribution in [3.05, 3.63) is 0 Å². The van der Waals surface area contributed by atoms with Crippen molar-refractivity contribution in [1.82, 2.24) is 0 Å². The molecule has 2 atom stereocenters. The molecule has 124 valence electrons. The number of unbranched alkanes of at least 4 members (excludes halogenated alkanes) is 4. The molecular formula is C18H35NO2. The summed E-state index contributed by atoms with van der Waals surface area (Å²) < 4.78 is 5.55. The number of carbonyl (C=O) groups excluding carboxylic acids is 1. The molecule has 0 bridgehead atoms. The van der Waals surface area contributed by atoms with Gasteiger partial charge in [-0.1, -0.05) is 46.5 Å². The molecule has 3 nitrogen and oxygen atoms in total. The summed E-state index contributed by atoms with van der Waals surface area (Å²) in [5.41, 5.74) is 1.13. The molecule has 0 radical (unpaired) electrons. The van der Waals surface area contributed by atoms with Crippen LogP contribution in [0.15, 0.2) is 4.99 Å². The van der Waals surface area contributed by atoms with E-state index in [2.05, 4.69) is 32.7 Å². The first-order valence-corrected chi connectivity index (χ1v) is 8.77. The van der Waals surface area contributed by atoms with E-state index in [0.29, 0.717) is 6.42 Å². The number of hydrogen-bond acceptors (Lipinski definition) is 3. The fourth-order valence-corrected chi connectivity index (χ4v) is 2.55. The standard InChI is InChI=1S/C18H35NO2/c1-6-9-11-12-14-19-15(4)17(8-3)16(5)21-18(20)13-10-7-2/h16-17H,6-14H2,1-5H3. The molecule has 2 unspecified atom stereocenters. The minimum atomic E-state index is -0.0708. The Kier molecular flexibility index (Phi) is 12.3. The summed E-state index contributed by atoms with van der Waals surface area (Å²) in [6.45, 7) is 11.4. The summed E-state index contributed by atoms with van der Waals surface area (Å²) >= 11 is 0. The summed E-state index contributed by atoms with van der Waals surface area (Å²) in [7, 11) is 0. The molecule has 0 aromatic carbocycles. The zero-order valence-electron chi connectivity index (χ0n) is 14.8. The second-order valence-electron chi connectivity index (χ2n) is 5.90. The van der Waals surface area contributed by atoms with E-state index >= 15 is 0 Å². The predicted molar refractivity (Wildman–Crippen MR) is 91.0 cm³/mol. The summed E-state index contributed by atoms with van der Waals surface area (Å²) in [6, 6.07) is 0. The second kappa shape index (κ2) is 12.8. The third-order valence-corrected chi connectivity index (χ3v) is 3.97. The van der Waals surface area contributed by atoms with Crippen LogP contribution in [0.1, 0.15) is 86.0 Å². The fraction of sp³-hybridized carbons (Fsp3) is 0.889. The third kappa shape index (κ3) is 9.65.